The Morgan fingerprint density at radius 3 is 2.53 bits per heavy atom. The second-order valence-corrected chi connectivity index (χ2v) is 3.11. The van der Waals surface area contributed by atoms with Gasteiger partial charge in [0.1, 0.15) is 0 Å². The van der Waals surface area contributed by atoms with Gasteiger partial charge in [-0.05, 0) is 18.2 Å². The highest BCUT2D eigenvalue weighted by Gasteiger charge is 2.06. The Hall–Kier alpha value is -1.61. The Bertz CT molecular complexity index is 410. The first-order valence-corrected chi connectivity index (χ1v) is 4.58. The van der Waals surface area contributed by atoms with Crippen LogP contribution >= 0.6 is 11.6 Å². The summed E-state index contributed by atoms with van der Waals surface area (Å²) < 4.78 is 4.36. The van der Waals surface area contributed by atoms with Crippen LogP contribution in [0.4, 0.5) is 0 Å². The van der Waals surface area contributed by atoms with Crippen molar-refractivity contribution in [3.8, 4) is 0 Å². The zero-order valence-electron chi connectivity index (χ0n) is 8.07. The molecule has 0 heterocycles. The molecule has 1 aromatic rings. The molecule has 0 aromatic heterocycles. The molecular weight excluding hydrogens is 216 g/mol. The number of rotatable bonds is 3. The molecule has 0 aliphatic heterocycles. The predicted octanol–water partition coefficient (Wildman–Crippen LogP) is 2.25. The van der Waals surface area contributed by atoms with Crippen LogP contribution in [0.15, 0.2) is 36.4 Å². The Balaban J connectivity index is 2.83. The average Bonchev–Trinajstić information content (AvgIpc) is 2.26. The van der Waals surface area contributed by atoms with Crippen LogP contribution in [0.25, 0.3) is 0 Å². The molecule has 0 aliphatic carbocycles. The van der Waals surface area contributed by atoms with E-state index in [1.165, 1.54) is 7.11 Å². The van der Waals surface area contributed by atoms with Crippen molar-refractivity contribution in [3.63, 3.8) is 0 Å². The monoisotopic (exact) mass is 224 g/mol. The number of carbonyl (C=O) groups excluding carboxylic acids is 2. The summed E-state index contributed by atoms with van der Waals surface area (Å²) in [6, 6.07) is 6.63. The second-order valence-electron chi connectivity index (χ2n) is 2.70. The summed E-state index contributed by atoms with van der Waals surface area (Å²) in [5.74, 6) is -0.901. The number of benzene rings is 1. The Kier molecular flexibility index (Phi) is 4.06. The van der Waals surface area contributed by atoms with E-state index in [0.29, 0.717) is 10.6 Å². The molecule has 0 N–H and O–H groups in total. The van der Waals surface area contributed by atoms with Gasteiger partial charge in [-0.15, -0.1) is 0 Å². The zero-order valence-corrected chi connectivity index (χ0v) is 8.82. The van der Waals surface area contributed by atoms with Crippen molar-refractivity contribution in [2.24, 2.45) is 0 Å². The molecular formula is C11H9ClO3. The van der Waals surface area contributed by atoms with E-state index in [2.05, 4.69) is 4.74 Å². The fraction of sp³-hybridized carbons (Fsp3) is 0.0909. The molecule has 0 unspecified atom stereocenters. The maximum atomic E-state index is 11.5. The molecule has 4 heteroatoms. The van der Waals surface area contributed by atoms with Gasteiger partial charge in [-0.1, -0.05) is 23.7 Å². The summed E-state index contributed by atoms with van der Waals surface area (Å²) in [5, 5.41) is 0.358. The molecule has 0 saturated carbocycles. The van der Waals surface area contributed by atoms with Crippen molar-refractivity contribution in [1.29, 1.82) is 0 Å². The molecule has 78 valence electrons. The largest absolute Gasteiger partial charge is 0.466 e. The van der Waals surface area contributed by atoms with Crippen LogP contribution in [-0.2, 0) is 9.53 Å². The SMILES string of the molecule is COC(=O)C=CC(=O)c1ccccc1Cl. The van der Waals surface area contributed by atoms with Gasteiger partial charge in [0.25, 0.3) is 0 Å². The first kappa shape index (κ1) is 11.5. The minimum Gasteiger partial charge on any atom is -0.466 e. The Morgan fingerprint density at radius 2 is 1.93 bits per heavy atom. The average molecular weight is 225 g/mol. The number of esters is 1. The first-order valence-electron chi connectivity index (χ1n) is 4.20. The standard InChI is InChI=1S/C11H9ClO3/c1-15-11(14)7-6-10(13)8-4-2-3-5-9(8)12/h2-7H,1H3. The molecule has 1 aromatic carbocycles. The van der Waals surface area contributed by atoms with E-state index in [-0.39, 0.29) is 5.78 Å². The number of ether oxygens (including phenoxy) is 1. The highest BCUT2D eigenvalue weighted by molar-refractivity contribution is 6.34. The van der Waals surface area contributed by atoms with Crippen LogP contribution in [0.5, 0.6) is 0 Å². The number of methoxy groups -OCH3 is 1. The third-order valence-corrected chi connectivity index (χ3v) is 2.04. The summed E-state index contributed by atoms with van der Waals surface area (Å²) in [6.07, 6.45) is 2.19. The van der Waals surface area contributed by atoms with Gasteiger partial charge in [-0.25, -0.2) is 4.79 Å². The minimum absolute atomic E-state index is 0.328. The van der Waals surface area contributed by atoms with Gasteiger partial charge >= 0.3 is 5.97 Å². The Morgan fingerprint density at radius 1 is 1.27 bits per heavy atom. The van der Waals surface area contributed by atoms with Crippen molar-refractivity contribution in [2.45, 2.75) is 0 Å². The van der Waals surface area contributed by atoms with Crippen molar-refractivity contribution >= 4 is 23.4 Å². The fourth-order valence-electron chi connectivity index (χ4n) is 0.963. The van der Waals surface area contributed by atoms with Crippen molar-refractivity contribution in [3.05, 3.63) is 47.0 Å². The second kappa shape index (κ2) is 5.32. The molecule has 15 heavy (non-hydrogen) atoms. The fourth-order valence-corrected chi connectivity index (χ4v) is 1.19. The van der Waals surface area contributed by atoms with Crippen LogP contribution in [0.2, 0.25) is 5.02 Å². The molecule has 0 fully saturated rings. The van der Waals surface area contributed by atoms with Gasteiger partial charge < -0.3 is 4.74 Å². The minimum atomic E-state index is -0.574. The maximum absolute atomic E-state index is 11.5. The molecule has 0 radical (unpaired) electrons. The van der Waals surface area contributed by atoms with E-state index in [0.717, 1.165) is 12.2 Å². The Labute approximate surface area is 92.3 Å². The maximum Gasteiger partial charge on any atom is 0.330 e. The summed E-state index contributed by atoms with van der Waals surface area (Å²) in [4.78, 5) is 22.2. The van der Waals surface area contributed by atoms with Crippen molar-refractivity contribution in [1.82, 2.24) is 0 Å². The van der Waals surface area contributed by atoms with E-state index in [1.807, 2.05) is 0 Å². The van der Waals surface area contributed by atoms with E-state index in [9.17, 15) is 9.59 Å². The molecule has 0 aliphatic rings. The quantitative estimate of drug-likeness (QED) is 0.449. The van der Waals surface area contributed by atoms with E-state index >= 15 is 0 Å². The van der Waals surface area contributed by atoms with Crippen LogP contribution < -0.4 is 0 Å². The molecule has 0 atom stereocenters. The highest BCUT2D eigenvalue weighted by atomic mass is 35.5. The van der Waals surface area contributed by atoms with Crippen molar-refractivity contribution in [2.75, 3.05) is 7.11 Å². The first-order chi connectivity index (χ1) is 7.15. The highest BCUT2D eigenvalue weighted by Crippen LogP contribution is 2.15. The normalized spacial score (nSPS) is 10.3. The van der Waals surface area contributed by atoms with E-state index in [1.54, 1.807) is 24.3 Å². The third-order valence-electron chi connectivity index (χ3n) is 1.71. The summed E-state index contributed by atoms with van der Waals surface area (Å²) in [7, 11) is 1.24. The summed E-state index contributed by atoms with van der Waals surface area (Å²) in [5.41, 5.74) is 0.360. The molecule has 0 amide bonds. The van der Waals surface area contributed by atoms with Crippen LogP contribution in [0, 0.1) is 0 Å². The number of halogens is 1. The summed E-state index contributed by atoms with van der Waals surface area (Å²) >= 11 is 5.80. The number of hydrogen-bond acceptors (Lipinski definition) is 3. The van der Waals surface area contributed by atoms with Crippen LogP contribution in [-0.4, -0.2) is 18.9 Å². The van der Waals surface area contributed by atoms with Gasteiger partial charge in [-0.3, -0.25) is 4.79 Å². The zero-order chi connectivity index (χ0) is 11.3. The lowest BCUT2D eigenvalue weighted by Gasteiger charge is -1.97. The lowest BCUT2D eigenvalue weighted by molar-refractivity contribution is -0.134. The molecule has 3 nitrogen and oxygen atoms in total. The molecule has 0 saturated heterocycles. The van der Waals surface area contributed by atoms with Gasteiger partial charge in [0.05, 0.1) is 12.1 Å². The van der Waals surface area contributed by atoms with Gasteiger partial charge in [0.15, 0.2) is 5.78 Å². The number of hydrogen-bond donors (Lipinski definition) is 0. The number of allylic oxidation sites excluding steroid dienone is 1. The number of carbonyl (C=O) groups is 2. The molecule has 0 bridgehead atoms. The van der Waals surface area contributed by atoms with Crippen LogP contribution in [0.1, 0.15) is 10.4 Å². The van der Waals surface area contributed by atoms with E-state index in [4.69, 9.17) is 11.6 Å². The van der Waals surface area contributed by atoms with E-state index < -0.39 is 5.97 Å². The molecule has 0 spiro atoms. The lowest BCUT2D eigenvalue weighted by atomic mass is 10.1. The van der Waals surface area contributed by atoms with Gasteiger partial charge in [0, 0.05) is 11.6 Å². The predicted molar refractivity (Wildman–Crippen MR) is 56.9 cm³/mol. The third kappa shape index (κ3) is 3.22. The van der Waals surface area contributed by atoms with Crippen LogP contribution in [0.3, 0.4) is 0 Å². The topological polar surface area (TPSA) is 43.4 Å². The lowest BCUT2D eigenvalue weighted by Crippen LogP contribution is -1.99. The van der Waals surface area contributed by atoms with Gasteiger partial charge in [-0.2, -0.15) is 0 Å². The molecule has 1 rings (SSSR count). The smallest absolute Gasteiger partial charge is 0.330 e. The van der Waals surface area contributed by atoms with Crippen molar-refractivity contribution < 1.29 is 14.3 Å². The van der Waals surface area contributed by atoms with Gasteiger partial charge in [0.2, 0.25) is 0 Å². The summed E-state index contributed by atoms with van der Waals surface area (Å²) in [6.45, 7) is 0. The number of ketones is 1.